The van der Waals surface area contributed by atoms with Crippen LogP contribution in [-0.2, 0) is 11.2 Å². The van der Waals surface area contributed by atoms with Gasteiger partial charge in [0.2, 0.25) is 5.91 Å². The topological polar surface area (TPSA) is 88.1 Å². The van der Waals surface area contributed by atoms with Gasteiger partial charge in [-0.25, -0.2) is 4.99 Å². The molecule has 1 atom stereocenters. The summed E-state index contributed by atoms with van der Waals surface area (Å²) in [5.41, 5.74) is 0.963. The van der Waals surface area contributed by atoms with Gasteiger partial charge in [0, 0.05) is 38.4 Å². The molecule has 176 valence electrons. The summed E-state index contributed by atoms with van der Waals surface area (Å²) >= 11 is 0. The number of hydrogen-bond acceptors (Lipinski definition) is 5. The van der Waals surface area contributed by atoms with E-state index in [1.165, 1.54) is 0 Å². The lowest BCUT2D eigenvalue weighted by Crippen LogP contribution is -2.42. The highest BCUT2D eigenvalue weighted by Crippen LogP contribution is 2.26. The van der Waals surface area contributed by atoms with Crippen molar-refractivity contribution >= 4 is 35.8 Å². The molecule has 0 bridgehead atoms. The molecule has 0 saturated carbocycles. The van der Waals surface area contributed by atoms with Gasteiger partial charge in [-0.1, -0.05) is 18.2 Å². The fraction of sp³-hybridized carbons (Fsp3) is 0.435. The Hall–Kier alpha value is -2.56. The third kappa shape index (κ3) is 9.71. The van der Waals surface area contributed by atoms with Crippen molar-refractivity contribution in [2.45, 2.75) is 26.4 Å². The molecule has 2 N–H and O–H groups in total. The van der Waals surface area contributed by atoms with E-state index in [2.05, 4.69) is 20.6 Å². The van der Waals surface area contributed by atoms with E-state index >= 15 is 0 Å². The minimum atomic E-state index is -0.128. The monoisotopic (exact) mass is 555 g/mol. The molecule has 0 saturated heterocycles. The van der Waals surface area contributed by atoms with E-state index < -0.39 is 0 Å². The predicted octanol–water partition coefficient (Wildman–Crippen LogP) is 2.73. The second kappa shape index (κ2) is 15.3. The van der Waals surface area contributed by atoms with Crippen LogP contribution in [0.2, 0.25) is 0 Å². The van der Waals surface area contributed by atoms with E-state index in [-0.39, 0.29) is 42.5 Å². The number of likely N-dealkylation sites (N-methyl/N-ethyl adjacent to an activating group) is 1. The summed E-state index contributed by atoms with van der Waals surface area (Å²) in [7, 11) is 3.40. The highest BCUT2D eigenvalue weighted by Gasteiger charge is 2.11. The van der Waals surface area contributed by atoms with E-state index in [9.17, 15) is 4.79 Å². The SMILES string of the molecule is CCNC(=NCC(=O)N(C)CCc1ccccn1)NCC(C)Oc1ccccc1OC.I. The lowest BCUT2D eigenvalue weighted by Gasteiger charge is -2.19. The number of pyridine rings is 1. The van der Waals surface area contributed by atoms with Crippen LogP contribution in [0, 0.1) is 0 Å². The normalized spacial score (nSPS) is 11.7. The largest absolute Gasteiger partial charge is 0.493 e. The molecule has 0 aliphatic heterocycles. The molecule has 1 amide bonds. The zero-order valence-electron chi connectivity index (χ0n) is 19.2. The number of ether oxygens (including phenoxy) is 2. The average molecular weight is 555 g/mol. The van der Waals surface area contributed by atoms with Crippen molar-refractivity contribution in [3.63, 3.8) is 0 Å². The van der Waals surface area contributed by atoms with Crippen molar-refractivity contribution in [2.24, 2.45) is 4.99 Å². The fourth-order valence-corrected chi connectivity index (χ4v) is 2.78. The zero-order valence-corrected chi connectivity index (χ0v) is 21.5. The number of guanidine groups is 1. The molecule has 2 aromatic rings. The van der Waals surface area contributed by atoms with Crippen molar-refractivity contribution < 1.29 is 14.3 Å². The number of aromatic nitrogens is 1. The molecule has 0 radical (unpaired) electrons. The molecule has 0 aliphatic rings. The molecule has 0 spiro atoms. The number of amides is 1. The summed E-state index contributed by atoms with van der Waals surface area (Å²) < 4.78 is 11.3. The number of para-hydroxylation sites is 2. The number of nitrogens with one attached hydrogen (secondary N) is 2. The van der Waals surface area contributed by atoms with Gasteiger partial charge in [-0.15, -0.1) is 24.0 Å². The minimum Gasteiger partial charge on any atom is -0.493 e. The molecule has 32 heavy (non-hydrogen) atoms. The number of carbonyl (C=O) groups is 1. The molecule has 1 aromatic carbocycles. The highest BCUT2D eigenvalue weighted by atomic mass is 127. The number of carbonyl (C=O) groups excluding carboxylic acids is 1. The van der Waals surface area contributed by atoms with E-state index in [1.54, 1.807) is 25.3 Å². The van der Waals surface area contributed by atoms with Gasteiger partial charge in [-0.2, -0.15) is 0 Å². The first-order valence-electron chi connectivity index (χ1n) is 10.5. The third-order valence-electron chi connectivity index (χ3n) is 4.53. The first-order chi connectivity index (χ1) is 15.0. The van der Waals surface area contributed by atoms with Gasteiger partial charge in [0.1, 0.15) is 12.6 Å². The Bertz CT molecular complexity index is 835. The van der Waals surface area contributed by atoms with Gasteiger partial charge in [-0.3, -0.25) is 9.78 Å². The maximum atomic E-state index is 12.4. The predicted molar refractivity (Wildman–Crippen MR) is 138 cm³/mol. The Balaban J connectivity index is 0.00000512. The highest BCUT2D eigenvalue weighted by molar-refractivity contribution is 14.0. The summed E-state index contributed by atoms with van der Waals surface area (Å²) in [6.07, 6.45) is 2.34. The Morgan fingerprint density at radius 1 is 1.16 bits per heavy atom. The number of rotatable bonds is 11. The summed E-state index contributed by atoms with van der Waals surface area (Å²) in [5, 5.41) is 6.38. The standard InChI is InChI=1S/C23H33N5O3.HI/c1-5-24-23(26-16-18(2)31-21-12-7-6-11-20(21)30-4)27-17-22(29)28(3)15-13-19-10-8-9-14-25-19;/h6-12,14,18H,5,13,15-17H2,1-4H3,(H2,24,26,27);1H. The van der Waals surface area contributed by atoms with Gasteiger partial charge in [0.05, 0.1) is 13.7 Å². The van der Waals surface area contributed by atoms with Crippen molar-refractivity contribution in [1.29, 1.82) is 0 Å². The van der Waals surface area contributed by atoms with Crippen LogP contribution in [0.3, 0.4) is 0 Å². The van der Waals surface area contributed by atoms with E-state index in [1.807, 2.05) is 56.3 Å². The number of nitrogens with zero attached hydrogens (tertiary/aromatic N) is 3. The van der Waals surface area contributed by atoms with E-state index in [0.29, 0.717) is 43.5 Å². The first-order valence-corrected chi connectivity index (χ1v) is 10.5. The molecular formula is C23H34IN5O3. The van der Waals surface area contributed by atoms with Gasteiger partial charge >= 0.3 is 0 Å². The second-order valence-corrected chi connectivity index (χ2v) is 7.04. The van der Waals surface area contributed by atoms with Crippen LogP contribution in [0.1, 0.15) is 19.5 Å². The van der Waals surface area contributed by atoms with Crippen LogP contribution in [0.15, 0.2) is 53.7 Å². The van der Waals surface area contributed by atoms with Gasteiger partial charge < -0.3 is 25.0 Å². The number of hydrogen-bond donors (Lipinski definition) is 2. The van der Waals surface area contributed by atoms with Gasteiger partial charge in [0.25, 0.3) is 0 Å². The molecular weight excluding hydrogens is 521 g/mol. The molecule has 1 aromatic heterocycles. The van der Waals surface area contributed by atoms with Crippen LogP contribution in [0.25, 0.3) is 0 Å². The zero-order chi connectivity index (χ0) is 22.5. The second-order valence-electron chi connectivity index (χ2n) is 7.04. The summed E-state index contributed by atoms with van der Waals surface area (Å²) in [5.74, 6) is 1.90. The van der Waals surface area contributed by atoms with Crippen molar-refractivity contribution in [3.05, 3.63) is 54.4 Å². The molecule has 0 aliphatic carbocycles. The number of methoxy groups -OCH3 is 1. The van der Waals surface area contributed by atoms with Crippen molar-refractivity contribution in [3.8, 4) is 11.5 Å². The van der Waals surface area contributed by atoms with E-state index in [4.69, 9.17) is 9.47 Å². The number of halogens is 1. The van der Waals surface area contributed by atoms with Crippen LogP contribution in [-0.4, -0.2) is 68.2 Å². The van der Waals surface area contributed by atoms with Crippen LogP contribution >= 0.6 is 24.0 Å². The van der Waals surface area contributed by atoms with E-state index in [0.717, 1.165) is 5.69 Å². The maximum absolute atomic E-state index is 12.4. The molecule has 9 heteroatoms. The average Bonchev–Trinajstić information content (AvgIpc) is 2.80. The lowest BCUT2D eigenvalue weighted by molar-refractivity contribution is -0.128. The number of benzene rings is 1. The lowest BCUT2D eigenvalue weighted by atomic mass is 10.2. The smallest absolute Gasteiger partial charge is 0.244 e. The quantitative estimate of drug-likeness (QED) is 0.252. The Kier molecular flexibility index (Phi) is 13.1. The van der Waals surface area contributed by atoms with Crippen molar-refractivity contribution in [2.75, 3.05) is 40.3 Å². The summed E-state index contributed by atoms with van der Waals surface area (Å²) in [6, 6.07) is 13.3. The van der Waals surface area contributed by atoms with Crippen LogP contribution < -0.4 is 20.1 Å². The number of aliphatic imine (C=N–C) groups is 1. The molecule has 1 unspecified atom stereocenters. The maximum Gasteiger partial charge on any atom is 0.244 e. The van der Waals surface area contributed by atoms with Gasteiger partial charge in [0.15, 0.2) is 17.5 Å². The minimum absolute atomic E-state index is 0. The van der Waals surface area contributed by atoms with Crippen LogP contribution in [0.4, 0.5) is 0 Å². The molecule has 8 nitrogen and oxygen atoms in total. The Labute approximate surface area is 207 Å². The summed E-state index contributed by atoms with van der Waals surface area (Å²) in [6.45, 7) is 5.81. The first kappa shape index (κ1) is 27.5. The third-order valence-corrected chi connectivity index (χ3v) is 4.53. The van der Waals surface area contributed by atoms with Crippen molar-refractivity contribution in [1.82, 2.24) is 20.5 Å². The fourth-order valence-electron chi connectivity index (χ4n) is 2.78. The Morgan fingerprint density at radius 3 is 2.53 bits per heavy atom. The molecule has 1 heterocycles. The molecule has 0 fully saturated rings. The van der Waals surface area contributed by atoms with Crippen LogP contribution in [0.5, 0.6) is 11.5 Å². The summed E-state index contributed by atoms with van der Waals surface area (Å²) in [4.78, 5) is 22.8. The van der Waals surface area contributed by atoms with Gasteiger partial charge in [-0.05, 0) is 38.1 Å². The molecule has 2 rings (SSSR count). The Morgan fingerprint density at radius 2 is 1.88 bits per heavy atom.